The second-order valence-corrected chi connectivity index (χ2v) is 6.68. The van der Waals surface area contributed by atoms with Gasteiger partial charge in [0, 0.05) is 50.3 Å². The van der Waals surface area contributed by atoms with Gasteiger partial charge in [-0.1, -0.05) is 30.3 Å². The van der Waals surface area contributed by atoms with Gasteiger partial charge in [0.25, 0.3) is 0 Å². The van der Waals surface area contributed by atoms with Crippen molar-refractivity contribution in [1.82, 2.24) is 9.88 Å². The molecule has 0 amide bonds. The van der Waals surface area contributed by atoms with Crippen LogP contribution in [0.4, 0.5) is 5.13 Å². The van der Waals surface area contributed by atoms with Crippen LogP contribution in [0.5, 0.6) is 0 Å². The summed E-state index contributed by atoms with van der Waals surface area (Å²) in [5, 5.41) is 1.13. The number of nitrogens with two attached hydrogens (primary N) is 1. The maximum atomic E-state index is 5.79. The summed E-state index contributed by atoms with van der Waals surface area (Å²) in [6, 6.07) is 10.6. The SMILES string of the molecule is CCN(CC)c1ncc(CN(CCN)CCc2ccccc2)s1. The molecule has 1 aromatic heterocycles. The highest BCUT2D eigenvalue weighted by Gasteiger charge is 2.11. The topological polar surface area (TPSA) is 45.4 Å². The average molecular weight is 333 g/mol. The summed E-state index contributed by atoms with van der Waals surface area (Å²) in [4.78, 5) is 10.6. The molecule has 0 bridgehead atoms. The van der Waals surface area contributed by atoms with Crippen LogP contribution in [0.25, 0.3) is 0 Å². The molecule has 0 radical (unpaired) electrons. The first-order valence-corrected chi connectivity index (χ1v) is 9.24. The van der Waals surface area contributed by atoms with E-state index in [2.05, 4.69) is 59.0 Å². The second-order valence-electron chi connectivity index (χ2n) is 5.58. The van der Waals surface area contributed by atoms with Crippen LogP contribution in [-0.4, -0.2) is 42.6 Å². The van der Waals surface area contributed by atoms with Crippen LogP contribution < -0.4 is 10.6 Å². The van der Waals surface area contributed by atoms with Gasteiger partial charge >= 0.3 is 0 Å². The van der Waals surface area contributed by atoms with Crippen molar-refractivity contribution in [2.75, 3.05) is 37.6 Å². The lowest BCUT2D eigenvalue weighted by Crippen LogP contribution is -2.30. The monoisotopic (exact) mass is 332 g/mol. The van der Waals surface area contributed by atoms with E-state index in [1.807, 2.05) is 6.20 Å². The Morgan fingerprint density at radius 2 is 1.83 bits per heavy atom. The largest absolute Gasteiger partial charge is 0.349 e. The molecule has 0 saturated carbocycles. The van der Waals surface area contributed by atoms with Crippen LogP contribution in [0.3, 0.4) is 0 Å². The first-order chi connectivity index (χ1) is 11.3. The van der Waals surface area contributed by atoms with Crippen molar-refractivity contribution in [1.29, 1.82) is 0 Å². The molecule has 1 aromatic carbocycles. The van der Waals surface area contributed by atoms with Gasteiger partial charge in [-0.05, 0) is 25.8 Å². The third-order valence-corrected chi connectivity index (χ3v) is 5.00. The number of rotatable bonds is 10. The third-order valence-electron chi connectivity index (χ3n) is 3.96. The molecule has 2 rings (SSSR count). The molecular formula is C18H28N4S. The Labute approximate surface area is 143 Å². The van der Waals surface area contributed by atoms with E-state index in [0.717, 1.165) is 44.3 Å². The Kier molecular flexibility index (Phi) is 7.52. The summed E-state index contributed by atoms with van der Waals surface area (Å²) < 4.78 is 0. The highest BCUT2D eigenvalue weighted by molar-refractivity contribution is 7.15. The second kappa shape index (κ2) is 9.65. The smallest absolute Gasteiger partial charge is 0.185 e. The summed E-state index contributed by atoms with van der Waals surface area (Å²) in [6.45, 7) is 9.93. The van der Waals surface area contributed by atoms with Crippen molar-refractivity contribution < 1.29 is 0 Å². The van der Waals surface area contributed by atoms with Gasteiger partial charge in [-0.25, -0.2) is 4.98 Å². The van der Waals surface area contributed by atoms with Crippen LogP contribution in [0.1, 0.15) is 24.3 Å². The molecule has 2 N–H and O–H groups in total. The molecule has 126 valence electrons. The molecule has 0 unspecified atom stereocenters. The van der Waals surface area contributed by atoms with Gasteiger partial charge in [0.1, 0.15) is 0 Å². The van der Waals surface area contributed by atoms with E-state index in [1.165, 1.54) is 10.4 Å². The minimum atomic E-state index is 0.691. The summed E-state index contributed by atoms with van der Waals surface area (Å²) in [7, 11) is 0. The Hall–Kier alpha value is -1.43. The van der Waals surface area contributed by atoms with Crippen LogP contribution >= 0.6 is 11.3 Å². The molecule has 2 aromatic rings. The number of hydrogen-bond donors (Lipinski definition) is 1. The number of aromatic nitrogens is 1. The zero-order valence-corrected chi connectivity index (χ0v) is 15.1. The number of hydrogen-bond acceptors (Lipinski definition) is 5. The molecule has 0 atom stereocenters. The van der Waals surface area contributed by atoms with Gasteiger partial charge in [0.15, 0.2) is 5.13 Å². The first-order valence-electron chi connectivity index (χ1n) is 8.42. The molecule has 0 aliphatic carbocycles. The quantitative estimate of drug-likeness (QED) is 0.726. The van der Waals surface area contributed by atoms with E-state index in [4.69, 9.17) is 5.73 Å². The lowest BCUT2D eigenvalue weighted by atomic mass is 10.1. The predicted octanol–water partition coefficient (Wildman–Crippen LogP) is 2.99. The lowest BCUT2D eigenvalue weighted by molar-refractivity contribution is 0.278. The van der Waals surface area contributed by atoms with Crippen molar-refractivity contribution in [3.63, 3.8) is 0 Å². The van der Waals surface area contributed by atoms with Crippen LogP contribution in [0.15, 0.2) is 36.5 Å². The maximum Gasteiger partial charge on any atom is 0.185 e. The van der Waals surface area contributed by atoms with Crippen molar-refractivity contribution >= 4 is 16.5 Å². The van der Waals surface area contributed by atoms with Gasteiger partial charge in [0.05, 0.1) is 0 Å². The number of anilines is 1. The minimum Gasteiger partial charge on any atom is -0.349 e. The summed E-state index contributed by atoms with van der Waals surface area (Å²) >= 11 is 1.80. The fourth-order valence-corrected chi connectivity index (χ4v) is 3.70. The van der Waals surface area contributed by atoms with E-state index in [0.29, 0.717) is 6.54 Å². The van der Waals surface area contributed by atoms with Gasteiger partial charge in [0.2, 0.25) is 0 Å². The Bertz CT molecular complexity index is 551. The Balaban J connectivity index is 1.93. The molecule has 1 heterocycles. The number of thiazole rings is 1. The van der Waals surface area contributed by atoms with Gasteiger partial charge in [-0.15, -0.1) is 11.3 Å². The van der Waals surface area contributed by atoms with E-state index in [1.54, 1.807) is 11.3 Å². The third kappa shape index (κ3) is 5.61. The van der Waals surface area contributed by atoms with Crippen LogP contribution in [0, 0.1) is 0 Å². The summed E-state index contributed by atoms with van der Waals surface area (Å²) in [5.74, 6) is 0. The van der Waals surface area contributed by atoms with Crippen molar-refractivity contribution in [2.24, 2.45) is 5.73 Å². The van der Waals surface area contributed by atoms with Gasteiger partial charge < -0.3 is 10.6 Å². The van der Waals surface area contributed by atoms with E-state index in [-0.39, 0.29) is 0 Å². The summed E-state index contributed by atoms with van der Waals surface area (Å²) in [6.07, 6.45) is 3.08. The summed E-state index contributed by atoms with van der Waals surface area (Å²) in [5.41, 5.74) is 7.16. The zero-order valence-electron chi connectivity index (χ0n) is 14.2. The molecule has 0 fully saturated rings. The first kappa shape index (κ1) is 17.9. The molecule has 0 spiro atoms. The van der Waals surface area contributed by atoms with Gasteiger partial charge in [-0.2, -0.15) is 0 Å². The Morgan fingerprint density at radius 3 is 2.48 bits per heavy atom. The lowest BCUT2D eigenvalue weighted by Gasteiger charge is -2.21. The fraction of sp³-hybridized carbons (Fsp3) is 0.500. The maximum absolute atomic E-state index is 5.79. The molecule has 23 heavy (non-hydrogen) atoms. The Morgan fingerprint density at radius 1 is 1.09 bits per heavy atom. The van der Waals surface area contributed by atoms with Crippen LogP contribution in [-0.2, 0) is 13.0 Å². The molecule has 0 saturated heterocycles. The van der Waals surface area contributed by atoms with Crippen LogP contribution in [0.2, 0.25) is 0 Å². The van der Waals surface area contributed by atoms with Gasteiger partial charge in [-0.3, -0.25) is 4.90 Å². The predicted molar refractivity (Wildman–Crippen MR) is 100 cm³/mol. The van der Waals surface area contributed by atoms with Crippen molar-refractivity contribution in [2.45, 2.75) is 26.8 Å². The highest BCUT2D eigenvalue weighted by Crippen LogP contribution is 2.23. The molecule has 4 nitrogen and oxygen atoms in total. The molecule has 0 aliphatic rings. The standard InChI is InChI=1S/C18H28N4S/c1-3-22(4-2)18-20-14-17(23-18)15-21(13-11-19)12-10-16-8-6-5-7-9-16/h5-9,14H,3-4,10-13,15,19H2,1-2H3. The van der Waals surface area contributed by atoms with Crippen molar-refractivity contribution in [3.05, 3.63) is 47.0 Å². The van der Waals surface area contributed by atoms with E-state index >= 15 is 0 Å². The normalized spacial score (nSPS) is 11.1. The number of nitrogens with zero attached hydrogens (tertiary/aromatic N) is 3. The van der Waals surface area contributed by atoms with E-state index < -0.39 is 0 Å². The van der Waals surface area contributed by atoms with Crippen molar-refractivity contribution in [3.8, 4) is 0 Å². The molecule has 0 aliphatic heterocycles. The fourth-order valence-electron chi connectivity index (χ4n) is 2.62. The highest BCUT2D eigenvalue weighted by atomic mass is 32.1. The van der Waals surface area contributed by atoms with E-state index in [9.17, 15) is 0 Å². The molecular weight excluding hydrogens is 304 g/mol. The molecule has 5 heteroatoms. The average Bonchev–Trinajstić information content (AvgIpc) is 3.03. The minimum absolute atomic E-state index is 0.691. The number of benzene rings is 1. The zero-order chi connectivity index (χ0) is 16.5.